The Morgan fingerprint density at radius 1 is 0.316 bits per heavy atom. The Balaban J connectivity index is 0.936. The van der Waals surface area contributed by atoms with E-state index in [0.29, 0.717) is 11.4 Å². The zero-order chi connectivity index (χ0) is 50.9. The number of amidine groups is 2. The average Bonchev–Trinajstić information content (AvgIpc) is 4.11. The van der Waals surface area contributed by atoms with Crippen LogP contribution >= 0.6 is 0 Å². The van der Waals surface area contributed by atoms with Crippen molar-refractivity contribution in [2.75, 3.05) is 0 Å². The van der Waals surface area contributed by atoms with Crippen LogP contribution in [0.2, 0.25) is 0 Å². The van der Waals surface area contributed by atoms with Gasteiger partial charge in [0, 0.05) is 38.9 Å². The molecule has 5 nitrogen and oxygen atoms in total. The highest BCUT2D eigenvalue weighted by Crippen LogP contribution is 2.30. The first-order valence-corrected chi connectivity index (χ1v) is 29.6. The molecule has 0 spiro atoms. The maximum Gasteiger partial charge on any atom is 0.179 e. The van der Waals surface area contributed by atoms with Crippen LogP contribution in [-0.2, 0) is 0 Å². The Morgan fingerprint density at radius 2 is 0.684 bits per heavy atom. The van der Waals surface area contributed by atoms with Crippen LogP contribution in [0.4, 0.5) is 0 Å². The maximum absolute atomic E-state index is 9.82. The van der Waals surface area contributed by atoms with E-state index in [9.17, 15) is 5.41 Å². The molecule has 360 valence electrons. The SMILES string of the molecule is N=C(N=C(N=Cc1cccc([Si](c2ccccc2)(c2ccccc2)c2ccc3oc4ccccc4c3c2)c1)c1ccccc1)c1cccc([Si](c2ccccc2)(c2ccccc2)c2ccc3oc4ccccc4c3c2)c1. The zero-order valence-electron chi connectivity index (χ0n) is 41.4. The van der Waals surface area contributed by atoms with E-state index in [-0.39, 0.29) is 5.84 Å². The standard InChI is InChI=1S/C69H49N3O2Si2/c70-68(51-25-21-35-57(45-51)76(54-30-12-4-13-31-54,55-32-14-5-15-33-55)59-41-43-67-63(47-59)61-37-17-19-39-65(61)74-67)72-69(50-23-6-1-7-24-50)71-48-49-22-20-34-56(44-49)75(52-26-8-2-9-27-52,53-28-10-3-11-29-53)58-40-42-66-62(46-58)60-36-16-18-38-64(60)73-66/h1-48,70H. The van der Waals surface area contributed by atoms with Crippen molar-refractivity contribution in [2.24, 2.45) is 9.98 Å². The number of nitrogens with one attached hydrogen (secondary N) is 1. The number of hydrogen-bond donors (Lipinski definition) is 1. The fourth-order valence-corrected chi connectivity index (χ4v) is 21.1. The summed E-state index contributed by atoms with van der Waals surface area (Å²) in [5.74, 6) is 0.564. The highest BCUT2D eigenvalue weighted by molar-refractivity contribution is 7.20. The number of furan rings is 2. The number of nitrogens with zero attached hydrogens (tertiary/aromatic N) is 2. The molecule has 13 rings (SSSR count). The molecule has 0 saturated heterocycles. The number of fused-ring (bicyclic) bond motifs is 6. The Labute approximate surface area is 443 Å². The highest BCUT2D eigenvalue weighted by Gasteiger charge is 2.43. The molecule has 7 heteroatoms. The van der Waals surface area contributed by atoms with Gasteiger partial charge >= 0.3 is 0 Å². The Kier molecular flexibility index (Phi) is 12.0. The Morgan fingerprint density at radius 3 is 1.17 bits per heavy atom. The second-order valence-electron chi connectivity index (χ2n) is 19.2. The van der Waals surface area contributed by atoms with Crippen LogP contribution in [0.15, 0.2) is 304 Å². The summed E-state index contributed by atoms with van der Waals surface area (Å²) in [5, 5.41) is 24.0. The molecule has 0 amide bonds. The third kappa shape index (κ3) is 8.06. The van der Waals surface area contributed by atoms with Gasteiger partial charge in [-0.25, -0.2) is 9.98 Å². The van der Waals surface area contributed by atoms with Crippen LogP contribution in [0.25, 0.3) is 43.9 Å². The van der Waals surface area contributed by atoms with Crippen molar-refractivity contribution in [3.8, 4) is 0 Å². The van der Waals surface area contributed by atoms with E-state index in [0.717, 1.165) is 60.2 Å². The molecule has 1 N–H and O–H groups in total. The lowest BCUT2D eigenvalue weighted by atomic mass is 10.1. The molecule has 0 atom stereocenters. The van der Waals surface area contributed by atoms with Crippen LogP contribution in [0.3, 0.4) is 0 Å². The van der Waals surface area contributed by atoms with Crippen molar-refractivity contribution >= 4 is 119 Å². The van der Waals surface area contributed by atoms with Crippen molar-refractivity contribution in [3.05, 3.63) is 302 Å². The predicted molar refractivity (Wildman–Crippen MR) is 322 cm³/mol. The van der Waals surface area contributed by atoms with Gasteiger partial charge in [0.05, 0.1) is 0 Å². The molecule has 0 fully saturated rings. The minimum atomic E-state index is -3.05. The van der Waals surface area contributed by atoms with E-state index in [2.05, 4.69) is 224 Å². The molecule has 0 unspecified atom stereocenters. The number of aliphatic imine (C=N–C) groups is 2. The first-order valence-electron chi connectivity index (χ1n) is 25.6. The second-order valence-corrected chi connectivity index (χ2v) is 26.8. The third-order valence-electron chi connectivity index (χ3n) is 14.9. The van der Waals surface area contributed by atoms with Crippen LogP contribution < -0.4 is 41.5 Å². The van der Waals surface area contributed by atoms with Crippen LogP contribution in [-0.4, -0.2) is 34.0 Å². The zero-order valence-corrected chi connectivity index (χ0v) is 43.4. The molecule has 76 heavy (non-hydrogen) atoms. The smallest absolute Gasteiger partial charge is 0.179 e. The van der Waals surface area contributed by atoms with E-state index in [1.165, 1.54) is 36.3 Å². The van der Waals surface area contributed by atoms with Crippen LogP contribution in [0, 0.1) is 5.41 Å². The largest absolute Gasteiger partial charge is 0.456 e. The van der Waals surface area contributed by atoms with Gasteiger partial charge in [-0.05, 0) is 71.3 Å². The molecule has 0 aliphatic rings. The third-order valence-corrected chi connectivity index (χ3v) is 24.4. The summed E-state index contributed by atoms with van der Waals surface area (Å²) >= 11 is 0. The molecular formula is C69H49N3O2Si2. The Hall–Kier alpha value is -9.54. The van der Waals surface area contributed by atoms with E-state index in [1.807, 2.05) is 66.9 Å². The number of benzene rings is 11. The van der Waals surface area contributed by atoms with Crippen molar-refractivity contribution in [1.29, 1.82) is 5.41 Å². The van der Waals surface area contributed by atoms with Crippen LogP contribution in [0.1, 0.15) is 16.7 Å². The predicted octanol–water partition coefficient (Wildman–Crippen LogP) is 11.1. The molecule has 0 radical (unpaired) electrons. The summed E-state index contributed by atoms with van der Waals surface area (Å²) in [5.41, 5.74) is 5.91. The molecular weight excluding hydrogens is 959 g/mol. The quantitative estimate of drug-likeness (QED) is 0.0607. The van der Waals surface area contributed by atoms with E-state index >= 15 is 0 Å². The number of hydrogen-bond acceptors (Lipinski definition) is 3. The molecule has 11 aromatic carbocycles. The van der Waals surface area contributed by atoms with Gasteiger partial charge in [-0.3, -0.25) is 5.41 Å². The van der Waals surface area contributed by atoms with Gasteiger partial charge < -0.3 is 8.83 Å². The van der Waals surface area contributed by atoms with E-state index in [1.54, 1.807) is 0 Å². The van der Waals surface area contributed by atoms with E-state index in [4.69, 9.17) is 18.8 Å². The van der Waals surface area contributed by atoms with Crippen molar-refractivity contribution in [1.82, 2.24) is 0 Å². The van der Waals surface area contributed by atoms with Crippen molar-refractivity contribution in [3.63, 3.8) is 0 Å². The van der Waals surface area contributed by atoms with Gasteiger partial charge in [0.2, 0.25) is 0 Å². The van der Waals surface area contributed by atoms with Gasteiger partial charge in [-0.2, -0.15) is 0 Å². The lowest BCUT2D eigenvalue weighted by Crippen LogP contribution is -2.74. The normalized spacial score (nSPS) is 12.3. The summed E-state index contributed by atoms with van der Waals surface area (Å²) < 4.78 is 12.7. The van der Waals surface area contributed by atoms with Gasteiger partial charge in [-0.1, -0.05) is 261 Å². The summed E-state index contributed by atoms with van der Waals surface area (Å²) in [6, 6.07) is 101. The fraction of sp³-hybridized carbons (Fsp3) is 0. The van der Waals surface area contributed by atoms with Crippen molar-refractivity contribution in [2.45, 2.75) is 0 Å². The lowest BCUT2D eigenvalue weighted by molar-refractivity contribution is 0.668. The van der Waals surface area contributed by atoms with Gasteiger partial charge in [-0.15, -0.1) is 0 Å². The topological polar surface area (TPSA) is 74.8 Å². The Bertz CT molecular complexity index is 4230. The molecule has 0 saturated carbocycles. The lowest BCUT2D eigenvalue weighted by Gasteiger charge is -2.34. The molecule has 0 bridgehead atoms. The molecule has 2 heterocycles. The molecule has 0 aliphatic carbocycles. The van der Waals surface area contributed by atoms with Crippen molar-refractivity contribution < 1.29 is 8.83 Å². The minimum absolute atomic E-state index is 0.119. The molecule has 2 aromatic heterocycles. The molecule has 13 aromatic rings. The summed E-state index contributed by atoms with van der Waals surface area (Å²) in [6.07, 6.45) is 1.90. The second kappa shape index (κ2) is 19.7. The summed E-state index contributed by atoms with van der Waals surface area (Å²) in [6.45, 7) is 0. The minimum Gasteiger partial charge on any atom is -0.456 e. The summed E-state index contributed by atoms with van der Waals surface area (Å²) in [4.78, 5) is 10.3. The van der Waals surface area contributed by atoms with Crippen LogP contribution in [0.5, 0.6) is 0 Å². The van der Waals surface area contributed by atoms with Gasteiger partial charge in [0.25, 0.3) is 0 Å². The highest BCUT2D eigenvalue weighted by atomic mass is 28.3. The number of rotatable bonds is 11. The first kappa shape index (κ1) is 46.3. The van der Waals surface area contributed by atoms with E-state index < -0.39 is 16.1 Å². The number of para-hydroxylation sites is 2. The maximum atomic E-state index is 9.82. The fourth-order valence-electron chi connectivity index (χ4n) is 11.5. The first-order chi connectivity index (χ1) is 37.6. The molecule has 0 aliphatic heterocycles. The average molecular weight is 1010 g/mol. The van der Waals surface area contributed by atoms with Gasteiger partial charge in [0.1, 0.15) is 22.3 Å². The summed E-state index contributed by atoms with van der Waals surface area (Å²) in [7, 11) is -6.04. The van der Waals surface area contributed by atoms with Gasteiger partial charge in [0.15, 0.2) is 27.8 Å². The monoisotopic (exact) mass is 1010 g/mol.